The molecule has 1 aromatic rings. The summed E-state index contributed by atoms with van der Waals surface area (Å²) in [5, 5.41) is 3.33. The van der Waals surface area contributed by atoms with Gasteiger partial charge in [0, 0.05) is 37.5 Å². The number of pyridine rings is 1. The standard InChI is InChI=1S/C25H32F3N5O5S/c1-15-30-21-4-8-32(17-11-20(25(26,27)28)23(37-2)29-12-17)14-19(21)22(31-15)38-18-3-7-33(13-18)24(34)16-5-9-39(35,36)10-6-16/h11-12,15-16,18,30H,3-10,13-14H2,1-2H3. The van der Waals surface area contributed by atoms with Gasteiger partial charge in [0.2, 0.25) is 17.7 Å². The van der Waals surface area contributed by atoms with Crippen LogP contribution >= 0.6 is 0 Å². The first-order valence-electron chi connectivity index (χ1n) is 13.0. The quantitative estimate of drug-likeness (QED) is 0.586. The number of aromatic nitrogens is 1. The number of rotatable bonds is 4. The smallest absolute Gasteiger partial charge is 0.421 e. The van der Waals surface area contributed by atoms with Crippen LogP contribution in [0, 0.1) is 5.92 Å². The van der Waals surface area contributed by atoms with Crippen molar-refractivity contribution < 1.29 is 35.9 Å². The number of amides is 1. The lowest BCUT2D eigenvalue weighted by molar-refractivity contribution is -0.139. The summed E-state index contributed by atoms with van der Waals surface area (Å²) in [5.74, 6) is -0.281. The zero-order valence-corrected chi connectivity index (χ0v) is 22.6. The number of hydrogen-bond donors (Lipinski definition) is 1. The van der Waals surface area contributed by atoms with Crippen LogP contribution in [0.3, 0.4) is 0 Å². The Morgan fingerprint density at radius 3 is 2.62 bits per heavy atom. The fourth-order valence-electron chi connectivity index (χ4n) is 5.54. The van der Waals surface area contributed by atoms with Crippen LogP contribution in [0.4, 0.5) is 18.9 Å². The summed E-state index contributed by atoms with van der Waals surface area (Å²) in [7, 11) is -1.90. The van der Waals surface area contributed by atoms with Gasteiger partial charge in [-0.3, -0.25) is 4.79 Å². The second-order valence-corrected chi connectivity index (χ2v) is 12.7. The van der Waals surface area contributed by atoms with Crippen LogP contribution < -0.4 is 15.0 Å². The summed E-state index contributed by atoms with van der Waals surface area (Å²) in [4.78, 5) is 25.1. The number of sulfone groups is 1. The van der Waals surface area contributed by atoms with Gasteiger partial charge in [-0.15, -0.1) is 0 Å². The van der Waals surface area contributed by atoms with Crippen molar-refractivity contribution in [3.05, 3.63) is 29.1 Å². The highest BCUT2D eigenvalue weighted by Gasteiger charge is 2.38. The summed E-state index contributed by atoms with van der Waals surface area (Å²) in [6.07, 6.45) is -1.88. The molecule has 214 valence electrons. The summed E-state index contributed by atoms with van der Waals surface area (Å²) in [6, 6.07) is 1.05. The number of methoxy groups -OCH3 is 1. The number of halogens is 3. The summed E-state index contributed by atoms with van der Waals surface area (Å²) >= 11 is 0. The number of nitrogens with zero attached hydrogens (tertiary/aromatic N) is 4. The molecule has 1 aromatic heterocycles. The van der Waals surface area contributed by atoms with Crippen LogP contribution in [0.2, 0.25) is 0 Å². The van der Waals surface area contributed by atoms with Crippen molar-refractivity contribution in [3.8, 4) is 5.88 Å². The number of ether oxygens (including phenoxy) is 2. The highest BCUT2D eigenvalue weighted by molar-refractivity contribution is 7.91. The van der Waals surface area contributed by atoms with Crippen LogP contribution in [-0.4, -0.2) is 87.2 Å². The van der Waals surface area contributed by atoms with E-state index in [1.54, 1.807) is 9.80 Å². The number of hydrogen-bond acceptors (Lipinski definition) is 9. The van der Waals surface area contributed by atoms with Crippen LogP contribution in [-0.2, 0) is 25.5 Å². The van der Waals surface area contributed by atoms with Gasteiger partial charge in [0.05, 0.1) is 49.2 Å². The third-order valence-corrected chi connectivity index (χ3v) is 9.35. The molecular formula is C25H32F3N5O5S. The number of alkyl halides is 3. The van der Waals surface area contributed by atoms with E-state index in [0.717, 1.165) is 24.4 Å². The van der Waals surface area contributed by atoms with Gasteiger partial charge in [-0.1, -0.05) is 0 Å². The van der Waals surface area contributed by atoms with Crippen LogP contribution in [0.15, 0.2) is 28.5 Å². The van der Waals surface area contributed by atoms with Gasteiger partial charge < -0.3 is 24.6 Å². The molecule has 2 fully saturated rings. The predicted molar refractivity (Wildman–Crippen MR) is 137 cm³/mol. The second-order valence-electron chi connectivity index (χ2n) is 10.4. The molecular weight excluding hydrogens is 539 g/mol. The normalized spacial score (nSPS) is 25.6. The van der Waals surface area contributed by atoms with E-state index in [0.29, 0.717) is 56.9 Å². The van der Waals surface area contributed by atoms with Gasteiger partial charge >= 0.3 is 6.18 Å². The molecule has 1 N–H and O–H groups in total. The third-order valence-electron chi connectivity index (χ3n) is 7.64. The number of anilines is 1. The Labute approximate surface area is 225 Å². The van der Waals surface area contributed by atoms with Crippen molar-refractivity contribution in [1.82, 2.24) is 15.2 Å². The largest absolute Gasteiger partial charge is 0.481 e. The van der Waals surface area contributed by atoms with Crippen LogP contribution in [0.25, 0.3) is 0 Å². The van der Waals surface area contributed by atoms with E-state index in [1.165, 1.54) is 6.20 Å². The van der Waals surface area contributed by atoms with Gasteiger partial charge in [-0.05, 0) is 25.8 Å². The van der Waals surface area contributed by atoms with Crippen molar-refractivity contribution in [1.29, 1.82) is 0 Å². The maximum absolute atomic E-state index is 13.6. The first-order chi connectivity index (χ1) is 18.4. The lowest BCUT2D eigenvalue weighted by Gasteiger charge is -2.36. The Morgan fingerprint density at radius 1 is 1.18 bits per heavy atom. The molecule has 0 saturated carbocycles. The van der Waals surface area contributed by atoms with Crippen LogP contribution in [0.1, 0.15) is 38.2 Å². The Kier molecular flexibility index (Phi) is 7.42. The van der Waals surface area contributed by atoms with Crippen LogP contribution in [0.5, 0.6) is 5.88 Å². The molecule has 0 bridgehead atoms. The van der Waals surface area contributed by atoms with Gasteiger partial charge in [0.15, 0.2) is 0 Å². The zero-order chi connectivity index (χ0) is 27.9. The molecule has 10 nitrogen and oxygen atoms in total. The van der Waals surface area contributed by atoms with Crippen molar-refractivity contribution in [2.75, 3.05) is 49.7 Å². The fraction of sp³-hybridized carbons (Fsp3) is 0.640. The molecule has 0 spiro atoms. The Balaban J connectivity index is 1.27. The van der Waals surface area contributed by atoms with Crippen molar-refractivity contribution in [2.45, 2.75) is 51.1 Å². The van der Waals surface area contributed by atoms with E-state index in [-0.39, 0.29) is 42.1 Å². The topological polar surface area (TPSA) is 113 Å². The van der Waals surface area contributed by atoms with E-state index in [1.807, 2.05) is 6.92 Å². The highest BCUT2D eigenvalue weighted by Crippen LogP contribution is 2.38. The fourth-order valence-corrected chi connectivity index (χ4v) is 7.03. The average Bonchev–Trinajstić information content (AvgIpc) is 3.35. The number of nitrogens with one attached hydrogen (secondary N) is 1. The first-order valence-corrected chi connectivity index (χ1v) is 14.8. The summed E-state index contributed by atoms with van der Waals surface area (Å²) in [6.45, 7) is 3.56. The summed E-state index contributed by atoms with van der Waals surface area (Å²) in [5.41, 5.74) is 1.09. The van der Waals surface area contributed by atoms with Gasteiger partial charge in [0.25, 0.3) is 0 Å². The number of likely N-dealkylation sites (tertiary alicyclic amines) is 1. The molecule has 1 amide bonds. The minimum Gasteiger partial charge on any atom is -0.481 e. The number of aliphatic imine (C=N–C) groups is 1. The van der Waals surface area contributed by atoms with E-state index in [9.17, 15) is 26.4 Å². The minimum absolute atomic E-state index is 0.0344. The number of carbonyl (C=O) groups is 1. The van der Waals surface area contributed by atoms with E-state index >= 15 is 0 Å². The molecule has 14 heteroatoms. The molecule has 5 heterocycles. The maximum Gasteiger partial charge on any atom is 0.421 e. The predicted octanol–water partition coefficient (Wildman–Crippen LogP) is 2.36. The average molecular weight is 572 g/mol. The molecule has 2 unspecified atom stereocenters. The van der Waals surface area contributed by atoms with Crippen molar-refractivity contribution in [3.63, 3.8) is 0 Å². The first kappa shape index (κ1) is 27.5. The Bertz CT molecular complexity index is 1290. The van der Waals surface area contributed by atoms with E-state index < -0.39 is 27.5 Å². The maximum atomic E-state index is 13.6. The Hall–Kier alpha value is -3.03. The second kappa shape index (κ2) is 10.5. The van der Waals surface area contributed by atoms with E-state index in [4.69, 9.17) is 9.47 Å². The van der Waals surface area contributed by atoms with Crippen molar-refractivity contribution >= 4 is 27.3 Å². The molecule has 39 heavy (non-hydrogen) atoms. The van der Waals surface area contributed by atoms with Gasteiger partial charge in [0.1, 0.15) is 27.7 Å². The number of carbonyl (C=O) groups excluding carboxylic acids is 1. The SMILES string of the molecule is COc1ncc(N2CCC3=C(C2)C(OC2CCN(C(=O)C4CCS(=O)(=O)CC4)C2)=NC(C)N3)cc1C(F)(F)F. The monoisotopic (exact) mass is 571 g/mol. The molecule has 4 aliphatic rings. The molecule has 0 aliphatic carbocycles. The Morgan fingerprint density at radius 2 is 1.92 bits per heavy atom. The molecule has 5 rings (SSSR count). The van der Waals surface area contributed by atoms with Gasteiger partial charge in [-0.25, -0.2) is 18.4 Å². The van der Waals surface area contributed by atoms with Gasteiger partial charge in [-0.2, -0.15) is 13.2 Å². The lowest BCUT2D eigenvalue weighted by atomic mass is 10.0. The minimum atomic E-state index is -4.61. The summed E-state index contributed by atoms with van der Waals surface area (Å²) < 4.78 is 75.3. The molecule has 2 atom stereocenters. The highest BCUT2D eigenvalue weighted by atomic mass is 32.2. The molecule has 4 aliphatic heterocycles. The third kappa shape index (κ3) is 5.94. The zero-order valence-electron chi connectivity index (χ0n) is 21.8. The molecule has 0 aromatic carbocycles. The lowest BCUT2D eigenvalue weighted by Crippen LogP contribution is -2.44. The molecule has 2 saturated heterocycles. The van der Waals surface area contributed by atoms with E-state index in [2.05, 4.69) is 15.3 Å². The van der Waals surface area contributed by atoms with Crippen molar-refractivity contribution in [2.24, 2.45) is 10.9 Å². The molecule has 0 radical (unpaired) electrons.